The third-order valence-electron chi connectivity index (χ3n) is 1.73. The molecular formula is C9H11BrFNO2S. The SMILES string of the molecule is O=S(=O)(NCCCBr)c1ccc(F)cc1. The van der Waals surface area contributed by atoms with Crippen LogP contribution in [0.25, 0.3) is 0 Å². The highest BCUT2D eigenvalue weighted by Gasteiger charge is 2.12. The average Bonchev–Trinajstić information content (AvgIpc) is 2.18. The van der Waals surface area contributed by atoms with Crippen molar-refractivity contribution in [2.24, 2.45) is 0 Å². The first kappa shape index (κ1) is 12.6. The molecule has 1 aromatic rings. The number of hydrogen-bond acceptors (Lipinski definition) is 2. The molecule has 0 bridgehead atoms. The molecule has 15 heavy (non-hydrogen) atoms. The quantitative estimate of drug-likeness (QED) is 0.666. The van der Waals surface area contributed by atoms with Gasteiger partial charge in [0.2, 0.25) is 10.0 Å². The van der Waals surface area contributed by atoms with Crippen LogP contribution in [0.3, 0.4) is 0 Å². The monoisotopic (exact) mass is 295 g/mol. The molecule has 1 aromatic carbocycles. The van der Waals surface area contributed by atoms with Crippen LogP contribution < -0.4 is 4.72 Å². The minimum Gasteiger partial charge on any atom is -0.211 e. The van der Waals surface area contributed by atoms with Gasteiger partial charge in [0.15, 0.2) is 0 Å². The number of sulfonamides is 1. The third-order valence-corrected chi connectivity index (χ3v) is 3.76. The number of hydrogen-bond donors (Lipinski definition) is 1. The Morgan fingerprint density at radius 1 is 1.27 bits per heavy atom. The van der Waals surface area contributed by atoms with E-state index in [2.05, 4.69) is 20.7 Å². The van der Waals surface area contributed by atoms with Gasteiger partial charge in [-0.15, -0.1) is 0 Å². The molecule has 0 fully saturated rings. The van der Waals surface area contributed by atoms with Crippen molar-refractivity contribution in [2.45, 2.75) is 11.3 Å². The van der Waals surface area contributed by atoms with Crippen molar-refractivity contribution < 1.29 is 12.8 Å². The van der Waals surface area contributed by atoms with Gasteiger partial charge in [-0.1, -0.05) is 15.9 Å². The van der Waals surface area contributed by atoms with Crippen LogP contribution in [0, 0.1) is 5.82 Å². The molecular weight excluding hydrogens is 285 g/mol. The minimum atomic E-state index is -3.49. The Kier molecular flexibility index (Phi) is 4.69. The summed E-state index contributed by atoms with van der Waals surface area (Å²) in [5.41, 5.74) is 0. The molecule has 3 nitrogen and oxygen atoms in total. The van der Waals surface area contributed by atoms with E-state index in [0.29, 0.717) is 13.0 Å². The molecule has 0 radical (unpaired) electrons. The van der Waals surface area contributed by atoms with Crippen molar-refractivity contribution >= 4 is 26.0 Å². The first-order valence-corrected chi connectivity index (χ1v) is 6.98. The first-order chi connectivity index (χ1) is 7.06. The highest BCUT2D eigenvalue weighted by atomic mass is 79.9. The second-order valence-electron chi connectivity index (χ2n) is 2.89. The molecule has 0 aromatic heterocycles. The second kappa shape index (κ2) is 5.58. The van der Waals surface area contributed by atoms with E-state index >= 15 is 0 Å². The molecule has 0 aliphatic carbocycles. The van der Waals surface area contributed by atoms with Gasteiger partial charge in [0, 0.05) is 11.9 Å². The summed E-state index contributed by atoms with van der Waals surface area (Å²) in [5.74, 6) is -0.450. The van der Waals surface area contributed by atoms with Crippen LogP contribution in [0.1, 0.15) is 6.42 Å². The fourth-order valence-electron chi connectivity index (χ4n) is 0.970. The van der Waals surface area contributed by atoms with Crippen LogP contribution in [-0.2, 0) is 10.0 Å². The van der Waals surface area contributed by atoms with Gasteiger partial charge >= 0.3 is 0 Å². The highest BCUT2D eigenvalue weighted by Crippen LogP contribution is 2.09. The maximum atomic E-state index is 12.6. The van der Waals surface area contributed by atoms with Crippen molar-refractivity contribution in [3.63, 3.8) is 0 Å². The zero-order valence-corrected chi connectivity index (χ0v) is 10.3. The van der Waals surface area contributed by atoms with E-state index in [9.17, 15) is 12.8 Å². The molecule has 0 unspecified atom stereocenters. The van der Waals surface area contributed by atoms with Gasteiger partial charge in [-0.25, -0.2) is 17.5 Å². The largest absolute Gasteiger partial charge is 0.240 e. The van der Waals surface area contributed by atoms with Gasteiger partial charge in [0.1, 0.15) is 5.82 Å². The fraction of sp³-hybridized carbons (Fsp3) is 0.333. The number of nitrogens with one attached hydrogen (secondary N) is 1. The van der Waals surface area contributed by atoms with Gasteiger partial charge < -0.3 is 0 Å². The first-order valence-electron chi connectivity index (χ1n) is 4.37. The molecule has 0 saturated heterocycles. The van der Waals surface area contributed by atoms with Crippen LogP contribution >= 0.6 is 15.9 Å². The lowest BCUT2D eigenvalue weighted by Crippen LogP contribution is -2.24. The van der Waals surface area contributed by atoms with Gasteiger partial charge in [0.05, 0.1) is 4.90 Å². The minimum absolute atomic E-state index is 0.0819. The molecule has 84 valence electrons. The predicted molar refractivity (Wildman–Crippen MR) is 60.0 cm³/mol. The van der Waals surface area contributed by atoms with E-state index < -0.39 is 15.8 Å². The lowest BCUT2D eigenvalue weighted by molar-refractivity contribution is 0.580. The molecule has 1 rings (SSSR count). The molecule has 0 amide bonds. The normalized spacial score (nSPS) is 11.6. The molecule has 0 spiro atoms. The van der Waals surface area contributed by atoms with Crippen molar-refractivity contribution in [3.05, 3.63) is 30.1 Å². The zero-order chi connectivity index (χ0) is 11.3. The van der Waals surface area contributed by atoms with E-state index in [4.69, 9.17) is 0 Å². The average molecular weight is 296 g/mol. The summed E-state index contributed by atoms with van der Waals surface area (Å²) in [5, 5.41) is 0.735. The standard InChI is InChI=1S/C9H11BrFNO2S/c10-6-1-7-12-15(13,14)9-4-2-8(11)3-5-9/h2-5,12H,1,6-7H2. The maximum Gasteiger partial charge on any atom is 0.240 e. The molecule has 0 atom stereocenters. The second-order valence-corrected chi connectivity index (χ2v) is 5.45. The molecule has 0 heterocycles. The Labute approximate surface area is 96.9 Å². The Morgan fingerprint density at radius 3 is 2.40 bits per heavy atom. The Bertz CT molecular complexity index is 405. The van der Waals surface area contributed by atoms with Crippen molar-refractivity contribution in [1.82, 2.24) is 4.72 Å². The predicted octanol–water partition coefficient (Wildman–Crippen LogP) is 1.89. The number of alkyl halides is 1. The number of halogens is 2. The maximum absolute atomic E-state index is 12.6. The van der Waals surface area contributed by atoms with E-state index in [1.54, 1.807) is 0 Å². The van der Waals surface area contributed by atoms with Gasteiger partial charge in [0.25, 0.3) is 0 Å². The summed E-state index contributed by atoms with van der Waals surface area (Å²) in [6.07, 6.45) is 0.709. The van der Waals surface area contributed by atoms with Crippen molar-refractivity contribution in [3.8, 4) is 0 Å². The summed E-state index contributed by atoms with van der Waals surface area (Å²) in [7, 11) is -3.49. The van der Waals surface area contributed by atoms with Crippen molar-refractivity contribution in [2.75, 3.05) is 11.9 Å². The Morgan fingerprint density at radius 2 is 1.87 bits per heavy atom. The van der Waals surface area contributed by atoms with E-state index in [1.165, 1.54) is 12.1 Å². The summed E-state index contributed by atoms with van der Waals surface area (Å²) in [6.45, 7) is 0.366. The lowest BCUT2D eigenvalue weighted by atomic mass is 10.4. The molecule has 0 aliphatic heterocycles. The molecule has 0 aliphatic rings. The van der Waals surface area contributed by atoms with E-state index in [0.717, 1.165) is 17.5 Å². The van der Waals surface area contributed by atoms with Crippen LogP contribution in [0.15, 0.2) is 29.2 Å². The molecule has 6 heteroatoms. The van der Waals surface area contributed by atoms with Gasteiger partial charge in [-0.2, -0.15) is 0 Å². The summed E-state index contributed by atoms with van der Waals surface area (Å²) >= 11 is 3.20. The summed E-state index contributed by atoms with van der Waals surface area (Å²) in [4.78, 5) is 0.0819. The van der Waals surface area contributed by atoms with Gasteiger partial charge in [-0.05, 0) is 30.7 Å². The number of benzene rings is 1. The number of rotatable bonds is 5. The van der Waals surface area contributed by atoms with E-state index in [1.807, 2.05) is 0 Å². The van der Waals surface area contributed by atoms with Gasteiger partial charge in [-0.3, -0.25) is 0 Å². The van der Waals surface area contributed by atoms with Crippen molar-refractivity contribution in [1.29, 1.82) is 0 Å². The topological polar surface area (TPSA) is 46.2 Å². The third kappa shape index (κ3) is 3.89. The smallest absolute Gasteiger partial charge is 0.211 e. The van der Waals surface area contributed by atoms with Crippen LogP contribution in [0.4, 0.5) is 4.39 Å². The fourth-order valence-corrected chi connectivity index (χ4v) is 2.32. The highest BCUT2D eigenvalue weighted by molar-refractivity contribution is 9.09. The van der Waals surface area contributed by atoms with E-state index in [-0.39, 0.29) is 4.90 Å². The molecule has 1 N–H and O–H groups in total. The zero-order valence-electron chi connectivity index (χ0n) is 7.91. The Hall–Kier alpha value is -0.460. The molecule has 0 saturated carbocycles. The Balaban J connectivity index is 2.73. The van der Waals surface area contributed by atoms with Crippen LogP contribution in [0.5, 0.6) is 0 Å². The lowest BCUT2D eigenvalue weighted by Gasteiger charge is -2.05. The summed E-state index contributed by atoms with van der Waals surface area (Å²) < 4.78 is 38.1. The van der Waals surface area contributed by atoms with Crippen LogP contribution in [-0.4, -0.2) is 20.3 Å². The van der Waals surface area contributed by atoms with Crippen LogP contribution in [0.2, 0.25) is 0 Å². The summed E-state index contributed by atoms with van der Waals surface area (Å²) in [6, 6.07) is 4.73.